The van der Waals surface area contributed by atoms with Gasteiger partial charge in [0.05, 0.1) is 12.3 Å². The molecule has 0 saturated carbocycles. The van der Waals surface area contributed by atoms with Gasteiger partial charge in [-0.05, 0) is 31.3 Å². The van der Waals surface area contributed by atoms with Crippen LogP contribution >= 0.6 is 0 Å². The standard InChI is InChI=1S/C19H25N3O3/c1-21-9-11-22(12-10-21)17(18-8-5-13-24-18)14-20-19(23)15-25-16-6-3-2-4-7-16/h2-8,13,17H,9-12,14-15H2,1H3,(H,20,23)/t17-/m0/s1. The van der Waals surface area contributed by atoms with E-state index in [1.165, 1.54) is 0 Å². The largest absolute Gasteiger partial charge is 0.484 e. The van der Waals surface area contributed by atoms with Gasteiger partial charge in [-0.3, -0.25) is 9.69 Å². The fourth-order valence-corrected chi connectivity index (χ4v) is 2.95. The first-order chi connectivity index (χ1) is 12.2. The summed E-state index contributed by atoms with van der Waals surface area (Å²) in [6, 6.07) is 13.3. The Hall–Kier alpha value is -2.31. The number of carbonyl (C=O) groups is 1. The molecule has 1 aliphatic rings. The van der Waals surface area contributed by atoms with Crippen molar-refractivity contribution in [1.29, 1.82) is 0 Å². The van der Waals surface area contributed by atoms with E-state index in [4.69, 9.17) is 9.15 Å². The summed E-state index contributed by atoms with van der Waals surface area (Å²) in [5.74, 6) is 1.45. The van der Waals surface area contributed by atoms with E-state index < -0.39 is 0 Å². The van der Waals surface area contributed by atoms with Gasteiger partial charge in [-0.2, -0.15) is 0 Å². The first-order valence-electron chi connectivity index (χ1n) is 8.63. The number of piperazine rings is 1. The molecule has 1 aromatic carbocycles. The van der Waals surface area contributed by atoms with Gasteiger partial charge in [-0.15, -0.1) is 0 Å². The first kappa shape index (κ1) is 17.5. The van der Waals surface area contributed by atoms with E-state index in [9.17, 15) is 4.79 Å². The van der Waals surface area contributed by atoms with Crippen LogP contribution in [0.5, 0.6) is 5.75 Å². The Bertz CT molecular complexity index is 637. The number of amides is 1. The van der Waals surface area contributed by atoms with Gasteiger partial charge in [-0.1, -0.05) is 18.2 Å². The van der Waals surface area contributed by atoms with Crippen LogP contribution in [0.25, 0.3) is 0 Å². The highest BCUT2D eigenvalue weighted by molar-refractivity contribution is 5.77. The molecule has 2 aromatic rings. The highest BCUT2D eigenvalue weighted by Crippen LogP contribution is 2.22. The van der Waals surface area contributed by atoms with E-state index in [2.05, 4.69) is 22.2 Å². The van der Waals surface area contributed by atoms with Crippen molar-refractivity contribution in [3.8, 4) is 5.75 Å². The Morgan fingerprint density at radius 2 is 1.92 bits per heavy atom. The van der Waals surface area contributed by atoms with Gasteiger partial charge in [-0.25, -0.2) is 0 Å². The van der Waals surface area contributed by atoms with Crippen molar-refractivity contribution in [3.63, 3.8) is 0 Å². The summed E-state index contributed by atoms with van der Waals surface area (Å²) >= 11 is 0. The van der Waals surface area contributed by atoms with Gasteiger partial charge in [0.15, 0.2) is 6.61 Å². The lowest BCUT2D eigenvalue weighted by Gasteiger charge is -2.37. The number of benzene rings is 1. The number of carbonyl (C=O) groups excluding carboxylic acids is 1. The molecule has 6 nitrogen and oxygen atoms in total. The molecule has 0 spiro atoms. The minimum absolute atomic E-state index is 0.0115. The molecule has 134 valence electrons. The maximum atomic E-state index is 12.1. The molecule has 1 saturated heterocycles. The molecule has 1 atom stereocenters. The van der Waals surface area contributed by atoms with Gasteiger partial charge in [0.1, 0.15) is 11.5 Å². The lowest BCUT2D eigenvalue weighted by molar-refractivity contribution is -0.123. The number of rotatable bonds is 7. The first-order valence-corrected chi connectivity index (χ1v) is 8.63. The number of hydrogen-bond donors (Lipinski definition) is 1. The maximum Gasteiger partial charge on any atom is 0.258 e. The van der Waals surface area contributed by atoms with Crippen LogP contribution in [0.4, 0.5) is 0 Å². The van der Waals surface area contributed by atoms with E-state index in [0.717, 1.165) is 31.9 Å². The van der Waals surface area contributed by atoms with Crippen molar-refractivity contribution in [1.82, 2.24) is 15.1 Å². The minimum atomic E-state index is -0.130. The average molecular weight is 343 g/mol. The van der Waals surface area contributed by atoms with Gasteiger partial charge >= 0.3 is 0 Å². The van der Waals surface area contributed by atoms with Crippen LogP contribution in [-0.2, 0) is 4.79 Å². The van der Waals surface area contributed by atoms with Gasteiger partial charge in [0, 0.05) is 32.7 Å². The second-order valence-electron chi connectivity index (χ2n) is 6.28. The van der Waals surface area contributed by atoms with Crippen LogP contribution in [0.2, 0.25) is 0 Å². The number of nitrogens with one attached hydrogen (secondary N) is 1. The van der Waals surface area contributed by atoms with E-state index >= 15 is 0 Å². The Labute approximate surface area is 148 Å². The smallest absolute Gasteiger partial charge is 0.258 e. The fourth-order valence-electron chi connectivity index (χ4n) is 2.95. The van der Waals surface area contributed by atoms with Crippen molar-refractivity contribution in [2.75, 3.05) is 46.4 Å². The van der Waals surface area contributed by atoms with Crippen molar-refractivity contribution in [2.45, 2.75) is 6.04 Å². The molecular formula is C19H25N3O3. The lowest BCUT2D eigenvalue weighted by atomic mass is 10.1. The zero-order chi connectivity index (χ0) is 17.5. The van der Waals surface area contributed by atoms with Gasteiger partial charge < -0.3 is 19.4 Å². The van der Waals surface area contributed by atoms with Crippen LogP contribution in [0.1, 0.15) is 11.8 Å². The molecular weight excluding hydrogens is 318 g/mol. The molecule has 6 heteroatoms. The molecule has 0 radical (unpaired) electrons. The second kappa shape index (κ2) is 8.69. The van der Waals surface area contributed by atoms with E-state index in [1.54, 1.807) is 6.26 Å². The van der Waals surface area contributed by atoms with Gasteiger partial charge in [0.25, 0.3) is 5.91 Å². The number of hydrogen-bond acceptors (Lipinski definition) is 5. The lowest BCUT2D eigenvalue weighted by Crippen LogP contribution is -2.48. The molecule has 0 unspecified atom stereocenters. The molecule has 1 amide bonds. The Morgan fingerprint density at radius 3 is 2.60 bits per heavy atom. The second-order valence-corrected chi connectivity index (χ2v) is 6.28. The minimum Gasteiger partial charge on any atom is -0.484 e. The average Bonchev–Trinajstić information content (AvgIpc) is 3.17. The Kier molecular flexibility index (Phi) is 6.09. The third-order valence-corrected chi connectivity index (χ3v) is 4.46. The van der Waals surface area contributed by atoms with Crippen molar-refractivity contribution in [3.05, 3.63) is 54.5 Å². The van der Waals surface area contributed by atoms with E-state index in [1.807, 2.05) is 42.5 Å². The molecule has 0 aliphatic carbocycles. The molecule has 1 aliphatic heterocycles. The van der Waals surface area contributed by atoms with E-state index in [-0.39, 0.29) is 18.6 Å². The van der Waals surface area contributed by atoms with Crippen molar-refractivity contribution < 1.29 is 13.9 Å². The molecule has 25 heavy (non-hydrogen) atoms. The third kappa shape index (κ3) is 5.08. The number of furan rings is 1. The number of nitrogens with zero attached hydrogens (tertiary/aromatic N) is 2. The fraction of sp³-hybridized carbons (Fsp3) is 0.421. The van der Waals surface area contributed by atoms with E-state index in [0.29, 0.717) is 12.3 Å². The quantitative estimate of drug-likeness (QED) is 0.830. The van der Waals surface area contributed by atoms with Crippen LogP contribution in [0.15, 0.2) is 53.1 Å². The summed E-state index contributed by atoms with van der Waals surface area (Å²) in [6.07, 6.45) is 1.68. The van der Waals surface area contributed by atoms with Crippen LogP contribution in [0, 0.1) is 0 Å². The van der Waals surface area contributed by atoms with Crippen molar-refractivity contribution in [2.24, 2.45) is 0 Å². The number of ether oxygens (including phenoxy) is 1. The Balaban J connectivity index is 1.52. The monoisotopic (exact) mass is 343 g/mol. The third-order valence-electron chi connectivity index (χ3n) is 4.46. The topological polar surface area (TPSA) is 58.0 Å². The molecule has 1 aromatic heterocycles. The number of para-hydroxylation sites is 1. The summed E-state index contributed by atoms with van der Waals surface area (Å²) < 4.78 is 11.1. The summed E-state index contributed by atoms with van der Waals surface area (Å²) in [6.45, 7) is 4.47. The summed E-state index contributed by atoms with van der Waals surface area (Å²) in [4.78, 5) is 16.8. The summed E-state index contributed by atoms with van der Waals surface area (Å²) in [5, 5.41) is 2.97. The zero-order valence-corrected chi connectivity index (χ0v) is 14.6. The summed E-state index contributed by atoms with van der Waals surface area (Å²) in [7, 11) is 2.13. The molecule has 1 N–H and O–H groups in total. The predicted octanol–water partition coefficient (Wildman–Crippen LogP) is 1.76. The predicted molar refractivity (Wildman–Crippen MR) is 95.5 cm³/mol. The van der Waals surface area contributed by atoms with Crippen LogP contribution < -0.4 is 10.1 Å². The zero-order valence-electron chi connectivity index (χ0n) is 14.6. The molecule has 3 rings (SSSR count). The normalized spacial score (nSPS) is 17.2. The molecule has 0 bridgehead atoms. The van der Waals surface area contributed by atoms with Gasteiger partial charge in [0.2, 0.25) is 0 Å². The van der Waals surface area contributed by atoms with Crippen LogP contribution in [-0.4, -0.2) is 62.1 Å². The maximum absolute atomic E-state index is 12.1. The highest BCUT2D eigenvalue weighted by Gasteiger charge is 2.26. The summed E-state index contributed by atoms with van der Waals surface area (Å²) in [5.41, 5.74) is 0. The van der Waals surface area contributed by atoms with Crippen LogP contribution in [0.3, 0.4) is 0 Å². The molecule has 1 fully saturated rings. The molecule has 2 heterocycles. The highest BCUT2D eigenvalue weighted by atomic mass is 16.5. The Morgan fingerprint density at radius 1 is 1.16 bits per heavy atom. The SMILES string of the molecule is CN1CCN([C@@H](CNC(=O)COc2ccccc2)c2ccco2)CC1. The van der Waals surface area contributed by atoms with Crippen molar-refractivity contribution >= 4 is 5.91 Å². The number of likely N-dealkylation sites (N-methyl/N-ethyl adjacent to an activating group) is 1.